The zero-order valence-electron chi connectivity index (χ0n) is 11.6. The average Bonchev–Trinajstić information content (AvgIpc) is 2.50. The predicted octanol–water partition coefficient (Wildman–Crippen LogP) is 2.88. The van der Waals surface area contributed by atoms with Gasteiger partial charge in [-0.2, -0.15) is 0 Å². The van der Waals surface area contributed by atoms with Crippen LogP contribution in [0, 0.1) is 16.0 Å². The molecule has 0 bridgehead atoms. The van der Waals surface area contributed by atoms with Gasteiger partial charge in [-0.25, -0.2) is 0 Å². The smallest absolute Gasteiger partial charge is 0.269 e. The van der Waals surface area contributed by atoms with Crippen LogP contribution in [0.3, 0.4) is 0 Å². The van der Waals surface area contributed by atoms with Crippen LogP contribution in [-0.2, 0) is 10.2 Å². The van der Waals surface area contributed by atoms with Gasteiger partial charge >= 0.3 is 0 Å². The lowest BCUT2D eigenvalue weighted by molar-refractivity contribution is -0.384. The molecule has 0 radical (unpaired) electrons. The summed E-state index contributed by atoms with van der Waals surface area (Å²) in [5.41, 5.74) is 0.878. The van der Waals surface area contributed by atoms with Crippen molar-refractivity contribution in [2.24, 2.45) is 5.92 Å². The summed E-state index contributed by atoms with van der Waals surface area (Å²) < 4.78 is 0. The summed E-state index contributed by atoms with van der Waals surface area (Å²) in [5.74, 6) is 0.359. The van der Waals surface area contributed by atoms with Crippen molar-refractivity contribution >= 4 is 17.3 Å². The number of fused-ring (bicyclic) bond motifs is 1. The van der Waals surface area contributed by atoms with E-state index in [0.717, 1.165) is 11.3 Å². The van der Waals surface area contributed by atoms with Crippen LogP contribution < -0.4 is 4.90 Å². The molecule has 0 saturated carbocycles. The summed E-state index contributed by atoms with van der Waals surface area (Å²) in [5, 5.41) is 10.9. The first-order chi connectivity index (χ1) is 8.75. The molecule has 0 N–H and O–H groups in total. The molecule has 0 aromatic heterocycles. The van der Waals surface area contributed by atoms with Crippen LogP contribution in [0.2, 0.25) is 0 Å². The molecule has 2 rings (SSSR count). The molecule has 0 spiro atoms. The van der Waals surface area contributed by atoms with E-state index < -0.39 is 10.3 Å². The van der Waals surface area contributed by atoms with Crippen molar-refractivity contribution in [3.8, 4) is 0 Å². The number of hydrogen-bond acceptors (Lipinski definition) is 3. The van der Waals surface area contributed by atoms with Crippen LogP contribution in [0.4, 0.5) is 11.4 Å². The summed E-state index contributed by atoms with van der Waals surface area (Å²) in [7, 11) is 0. The Kier molecular flexibility index (Phi) is 3.08. The molecule has 0 aliphatic carbocycles. The van der Waals surface area contributed by atoms with Gasteiger partial charge < -0.3 is 4.90 Å². The number of hydrogen-bond donors (Lipinski definition) is 0. The van der Waals surface area contributed by atoms with E-state index in [1.165, 1.54) is 12.1 Å². The normalized spacial score (nSPS) is 16.9. The van der Waals surface area contributed by atoms with Crippen LogP contribution in [0.5, 0.6) is 0 Å². The molecule has 1 aromatic rings. The molecule has 19 heavy (non-hydrogen) atoms. The van der Waals surface area contributed by atoms with E-state index >= 15 is 0 Å². The quantitative estimate of drug-likeness (QED) is 0.621. The first-order valence-corrected chi connectivity index (χ1v) is 6.36. The van der Waals surface area contributed by atoms with Gasteiger partial charge in [0.25, 0.3) is 5.69 Å². The standard InChI is InChI=1S/C14H18N2O3/c1-9(2)8-15-12-6-5-10(16(18)19)7-11(12)14(3,4)13(15)17/h5-7,9H,8H2,1-4H3. The van der Waals surface area contributed by atoms with Crippen molar-refractivity contribution in [1.82, 2.24) is 0 Å². The first-order valence-electron chi connectivity index (χ1n) is 6.36. The highest BCUT2D eigenvalue weighted by molar-refractivity contribution is 6.07. The lowest BCUT2D eigenvalue weighted by Gasteiger charge is -2.22. The maximum atomic E-state index is 12.5. The first kappa shape index (κ1) is 13.5. The maximum Gasteiger partial charge on any atom is 0.269 e. The number of nitrogens with zero attached hydrogens (tertiary/aromatic N) is 2. The molecule has 1 aliphatic rings. The van der Waals surface area contributed by atoms with E-state index in [1.807, 2.05) is 27.7 Å². The Morgan fingerprint density at radius 2 is 2.00 bits per heavy atom. The van der Waals surface area contributed by atoms with Crippen molar-refractivity contribution in [3.63, 3.8) is 0 Å². The maximum absolute atomic E-state index is 12.5. The molecule has 0 fully saturated rings. The van der Waals surface area contributed by atoms with Crippen molar-refractivity contribution in [2.45, 2.75) is 33.1 Å². The summed E-state index contributed by atoms with van der Waals surface area (Å²) in [4.78, 5) is 24.6. The molecule has 1 heterocycles. The molecule has 5 nitrogen and oxygen atoms in total. The van der Waals surface area contributed by atoms with Gasteiger partial charge in [0, 0.05) is 24.4 Å². The second-order valence-corrected chi connectivity index (χ2v) is 5.89. The minimum absolute atomic E-state index is 0.0108. The Morgan fingerprint density at radius 3 is 2.53 bits per heavy atom. The van der Waals surface area contributed by atoms with E-state index in [1.54, 1.807) is 11.0 Å². The van der Waals surface area contributed by atoms with Gasteiger partial charge in [-0.05, 0) is 31.4 Å². The lowest BCUT2D eigenvalue weighted by Crippen LogP contribution is -2.38. The van der Waals surface area contributed by atoms with Gasteiger partial charge in [0.1, 0.15) is 0 Å². The second-order valence-electron chi connectivity index (χ2n) is 5.89. The third kappa shape index (κ3) is 2.09. The molecule has 1 aromatic carbocycles. The van der Waals surface area contributed by atoms with Gasteiger partial charge in [-0.3, -0.25) is 14.9 Å². The molecular weight excluding hydrogens is 244 g/mol. The monoisotopic (exact) mass is 262 g/mol. The fourth-order valence-electron chi connectivity index (χ4n) is 2.48. The number of nitro groups is 1. The molecule has 0 atom stereocenters. The van der Waals surface area contributed by atoms with E-state index in [4.69, 9.17) is 0 Å². The van der Waals surface area contributed by atoms with Crippen molar-refractivity contribution in [3.05, 3.63) is 33.9 Å². The molecule has 5 heteroatoms. The molecule has 102 valence electrons. The Balaban J connectivity index is 2.54. The zero-order chi connectivity index (χ0) is 14.4. The largest absolute Gasteiger partial charge is 0.311 e. The van der Waals surface area contributed by atoms with Crippen molar-refractivity contribution < 1.29 is 9.72 Å². The molecular formula is C14H18N2O3. The number of carbonyl (C=O) groups excluding carboxylic acids is 1. The molecule has 1 aliphatic heterocycles. The van der Waals surface area contributed by atoms with Gasteiger partial charge in [-0.1, -0.05) is 13.8 Å². The van der Waals surface area contributed by atoms with E-state index in [0.29, 0.717) is 12.5 Å². The summed E-state index contributed by atoms with van der Waals surface area (Å²) >= 11 is 0. The lowest BCUT2D eigenvalue weighted by atomic mass is 9.86. The van der Waals surface area contributed by atoms with Crippen LogP contribution >= 0.6 is 0 Å². The Morgan fingerprint density at radius 1 is 1.37 bits per heavy atom. The number of nitro benzene ring substituents is 1. The minimum atomic E-state index is -0.698. The van der Waals surface area contributed by atoms with Crippen molar-refractivity contribution in [1.29, 1.82) is 0 Å². The van der Waals surface area contributed by atoms with E-state index in [2.05, 4.69) is 0 Å². The van der Waals surface area contributed by atoms with E-state index in [-0.39, 0.29) is 11.6 Å². The summed E-state index contributed by atoms with van der Waals surface area (Å²) in [6.07, 6.45) is 0. The van der Waals surface area contributed by atoms with Gasteiger partial charge in [-0.15, -0.1) is 0 Å². The number of rotatable bonds is 3. The average molecular weight is 262 g/mol. The summed E-state index contributed by atoms with van der Waals surface area (Å²) in [6, 6.07) is 4.66. The Labute approximate surface area is 112 Å². The van der Waals surface area contributed by atoms with Gasteiger partial charge in [0.15, 0.2) is 0 Å². The Hall–Kier alpha value is -1.91. The fraction of sp³-hybridized carbons (Fsp3) is 0.500. The fourth-order valence-corrected chi connectivity index (χ4v) is 2.48. The van der Waals surface area contributed by atoms with Gasteiger partial charge in [0.2, 0.25) is 5.91 Å². The van der Waals surface area contributed by atoms with Crippen LogP contribution in [0.15, 0.2) is 18.2 Å². The number of benzene rings is 1. The topological polar surface area (TPSA) is 63.5 Å². The van der Waals surface area contributed by atoms with Crippen LogP contribution in [0.25, 0.3) is 0 Å². The van der Waals surface area contributed by atoms with Crippen LogP contribution in [0.1, 0.15) is 33.3 Å². The van der Waals surface area contributed by atoms with Crippen molar-refractivity contribution in [2.75, 3.05) is 11.4 Å². The number of carbonyl (C=O) groups is 1. The molecule has 1 amide bonds. The minimum Gasteiger partial charge on any atom is -0.311 e. The third-order valence-corrected chi connectivity index (χ3v) is 3.48. The molecule has 0 saturated heterocycles. The molecule has 0 unspecified atom stereocenters. The second kappa shape index (κ2) is 4.33. The summed E-state index contributed by atoms with van der Waals surface area (Å²) in [6.45, 7) is 8.36. The van der Waals surface area contributed by atoms with Crippen LogP contribution in [-0.4, -0.2) is 17.4 Å². The Bertz CT molecular complexity index is 550. The number of non-ortho nitro benzene ring substituents is 1. The van der Waals surface area contributed by atoms with E-state index in [9.17, 15) is 14.9 Å². The highest BCUT2D eigenvalue weighted by Crippen LogP contribution is 2.43. The SMILES string of the molecule is CC(C)CN1C(=O)C(C)(C)c2cc([N+](=O)[O-])ccc21. The highest BCUT2D eigenvalue weighted by Gasteiger charge is 2.44. The number of anilines is 1. The zero-order valence-corrected chi connectivity index (χ0v) is 11.6. The highest BCUT2D eigenvalue weighted by atomic mass is 16.6. The number of amides is 1. The third-order valence-electron chi connectivity index (χ3n) is 3.48. The predicted molar refractivity (Wildman–Crippen MR) is 73.3 cm³/mol. The van der Waals surface area contributed by atoms with Gasteiger partial charge in [0.05, 0.1) is 10.3 Å².